The zero-order valence-corrected chi connectivity index (χ0v) is 17.9. The van der Waals surface area contributed by atoms with E-state index in [1.165, 1.54) is 10.6 Å². The van der Waals surface area contributed by atoms with Crippen molar-refractivity contribution >= 4 is 28.8 Å². The molecule has 1 saturated heterocycles. The van der Waals surface area contributed by atoms with E-state index in [0.717, 1.165) is 24.3 Å². The summed E-state index contributed by atoms with van der Waals surface area (Å²) in [5, 5.41) is 3.05. The molecule has 1 aliphatic rings. The minimum atomic E-state index is -2.99. The number of amides is 1. The number of halogens is 4. The molecule has 0 aliphatic carbocycles. The highest BCUT2D eigenvalue weighted by Crippen LogP contribution is 2.27. The third-order valence-corrected chi connectivity index (χ3v) is 6.00. The van der Waals surface area contributed by atoms with Gasteiger partial charge in [-0.15, -0.1) is 0 Å². The van der Waals surface area contributed by atoms with Crippen LogP contribution in [0.15, 0.2) is 12.1 Å². The molecule has 2 aromatic rings. The van der Waals surface area contributed by atoms with Gasteiger partial charge < -0.3 is 19.4 Å². The molecule has 1 N–H and O–H groups in total. The zero-order valence-electron chi connectivity index (χ0n) is 17.1. The van der Waals surface area contributed by atoms with E-state index in [-0.39, 0.29) is 23.2 Å². The van der Waals surface area contributed by atoms with Crippen LogP contribution in [0.3, 0.4) is 0 Å². The first-order chi connectivity index (χ1) is 14.7. The molecule has 172 valence electrons. The van der Waals surface area contributed by atoms with Crippen molar-refractivity contribution in [3.8, 4) is 5.88 Å². The summed E-state index contributed by atoms with van der Waals surface area (Å²) in [4.78, 5) is 21.3. The van der Waals surface area contributed by atoms with E-state index in [4.69, 9.17) is 4.74 Å². The quantitative estimate of drug-likeness (QED) is 0.574. The molecular weight excluding hydrogens is 440 g/mol. The Hall–Kier alpha value is -2.08. The number of pyridine rings is 1. The maximum atomic E-state index is 13.0. The van der Waals surface area contributed by atoms with Gasteiger partial charge in [0.25, 0.3) is 18.8 Å². The fourth-order valence-electron chi connectivity index (χ4n) is 3.17. The van der Waals surface area contributed by atoms with Gasteiger partial charge in [-0.3, -0.25) is 4.79 Å². The number of imidazole rings is 1. The summed E-state index contributed by atoms with van der Waals surface area (Å²) in [7, 11) is 1.62. The van der Waals surface area contributed by atoms with Gasteiger partial charge in [-0.05, 0) is 37.3 Å². The average molecular weight is 464 g/mol. The van der Waals surface area contributed by atoms with Crippen LogP contribution in [0.2, 0.25) is 0 Å². The lowest BCUT2D eigenvalue weighted by atomic mass is 9.95. The predicted octanol–water partition coefficient (Wildman–Crippen LogP) is 3.28. The molecule has 0 aromatic carbocycles. The maximum Gasteiger partial charge on any atom is 0.287 e. The van der Waals surface area contributed by atoms with E-state index in [1.54, 1.807) is 13.1 Å². The van der Waals surface area contributed by atoms with Crippen LogP contribution >= 0.6 is 11.8 Å². The smallest absolute Gasteiger partial charge is 0.287 e. The highest BCUT2D eigenvalue weighted by atomic mass is 32.2. The number of fused-ring (bicyclic) bond motifs is 1. The molecule has 2 aromatic heterocycles. The summed E-state index contributed by atoms with van der Waals surface area (Å²) in [5.74, 6) is 1.79. The Bertz CT molecular complexity index is 906. The lowest BCUT2D eigenvalue weighted by Crippen LogP contribution is -2.48. The van der Waals surface area contributed by atoms with Gasteiger partial charge in [0.05, 0.1) is 0 Å². The second-order valence-corrected chi connectivity index (χ2v) is 8.75. The third kappa shape index (κ3) is 6.00. The number of carbonyl (C=O) groups is 1. The third-order valence-electron chi connectivity index (χ3n) is 5.02. The Balaban J connectivity index is 1.71. The number of aromatic nitrogens is 3. The number of nitrogens with one attached hydrogen (secondary N) is 1. The zero-order chi connectivity index (χ0) is 22.6. The number of thioether (sulfide) groups is 1. The fraction of sp³-hybridized carbons (Fsp3) is 0.632. The second kappa shape index (κ2) is 10.0. The Kier molecular flexibility index (Phi) is 7.63. The number of carbonyl (C=O) groups excluding carboxylic acids is 1. The Morgan fingerprint density at radius 1 is 1.23 bits per heavy atom. The van der Waals surface area contributed by atoms with Crippen LogP contribution in [0, 0.1) is 0 Å². The van der Waals surface area contributed by atoms with Crippen LogP contribution in [0.5, 0.6) is 5.88 Å². The minimum Gasteiger partial charge on any atom is -0.475 e. The first-order valence-electron chi connectivity index (χ1n) is 9.73. The lowest BCUT2D eigenvalue weighted by molar-refractivity contribution is -0.102. The highest BCUT2D eigenvalue weighted by Gasteiger charge is 2.31. The van der Waals surface area contributed by atoms with Crippen LogP contribution in [0.1, 0.15) is 30.4 Å². The van der Waals surface area contributed by atoms with Crippen molar-refractivity contribution in [3.63, 3.8) is 0 Å². The molecule has 0 spiro atoms. The normalized spacial score (nSPS) is 17.3. The van der Waals surface area contributed by atoms with Crippen LogP contribution in [0.25, 0.3) is 11.2 Å². The van der Waals surface area contributed by atoms with Crippen LogP contribution in [-0.4, -0.2) is 69.7 Å². The average Bonchev–Trinajstić information content (AvgIpc) is 3.04. The van der Waals surface area contributed by atoms with Crippen LogP contribution in [-0.2, 0) is 11.8 Å². The van der Waals surface area contributed by atoms with E-state index in [0.29, 0.717) is 11.2 Å². The Morgan fingerprint density at radius 2 is 1.94 bits per heavy atom. The number of rotatable bonds is 9. The predicted molar refractivity (Wildman–Crippen MR) is 108 cm³/mol. The van der Waals surface area contributed by atoms with E-state index < -0.39 is 32.2 Å². The molecule has 1 unspecified atom stereocenters. The summed E-state index contributed by atoms with van der Waals surface area (Å²) in [6.45, 7) is 0.250. The summed E-state index contributed by atoms with van der Waals surface area (Å²) in [6, 6.07) is 2.96. The van der Waals surface area contributed by atoms with Crippen molar-refractivity contribution in [2.45, 2.75) is 44.3 Å². The van der Waals surface area contributed by atoms with Gasteiger partial charge in [0.15, 0.2) is 11.8 Å². The van der Waals surface area contributed by atoms with Gasteiger partial charge >= 0.3 is 0 Å². The molecule has 3 rings (SSSR count). The van der Waals surface area contributed by atoms with Gasteiger partial charge in [-0.1, -0.05) is 0 Å². The summed E-state index contributed by atoms with van der Waals surface area (Å²) in [6.07, 6.45) is -5.93. The topological polar surface area (TPSA) is 78.3 Å². The monoisotopic (exact) mass is 464 g/mol. The number of hydrogen-bond donors (Lipinski definition) is 1. The number of ether oxygens (including phenoxy) is 2. The van der Waals surface area contributed by atoms with Crippen molar-refractivity contribution in [2.24, 2.45) is 7.05 Å². The summed E-state index contributed by atoms with van der Waals surface area (Å²) in [5.41, 5.74) is 0.461. The molecule has 31 heavy (non-hydrogen) atoms. The number of hydrogen-bond acceptors (Lipinski definition) is 6. The van der Waals surface area contributed by atoms with E-state index >= 15 is 0 Å². The van der Waals surface area contributed by atoms with Crippen LogP contribution in [0.4, 0.5) is 17.6 Å². The van der Waals surface area contributed by atoms with Crippen molar-refractivity contribution < 1.29 is 31.8 Å². The first-order valence-corrected chi connectivity index (χ1v) is 10.9. The summed E-state index contributed by atoms with van der Waals surface area (Å²) < 4.78 is 61.6. The van der Waals surface area contributed by atoms with Gasteiger partial charge in [-0.25, -0.2) is 22.5 Å². The molecule has 1 aliphatic heterocycles. The largest absolute Gasteiger partial charge is 0.475 e. The molecule has 12 heteroatoms. The highest BCUT2D eigenvalue weighted by molar-refractivity contribution is 7.99. The molecule has 3 heterocycles. The lowest BCUT2D eigenvalue weighted by Gasteiger charge is -2.34. The molecule has 0 radical (unpaired) electrons. The fourth-order valence-corrected chi connectivity index (χ4v) is 4.56. The molecule has 7 nitrogen and oxygen atoms in total. The van der Waals surface area contributed by atoms with Gasteiger partial charge in [0.1, 0.15) is 18.7 Å². The number of alkyl halides is 4. The standard InChI is InChI=1S/C19H24F4N4O3S/c1-19(5-7-31-8-6-19)26-18(28)17-24-11-3-4-14(25-16(11)27(17)2)30-9-12(15(22)23)29-10-13(20)21/h3-4,12-13,15H,5-10H2,1-2H3,(H,26,28). The number of aryl methyl sites for hydroxylation is 1. The van der Waals surface area contributed by atoms with Gasteiger partial charge in [0.2, 0.25) is 11.7 Å². The molecule has 1 fully saturated rings. The van der Waals surface area contributed by atoms with Gasteiger partial charge in [-0.2, -0.15) is 16.7 Å². The van der Waals surface area contributed by atoms with E-state index in [1.807, 2.05) is 18.7 Å². The number of nitrogens with zero attached hydrogens (tertiary/aromatic N) is 3. The molecular formula is C19H24F4N4O3S. The maximum absolute atomic E-state index is 13.0. The van der Waals surface area contributed by atoms with Crippen molar-refractivity contribution in [1.82, 2.24) is 19.9 Å². The molecule has 0 bridgehead atoms. The Labute approximate surface area is 180 Å². The van der Waals surface area contributed by atoms with Crippen molar-refractivity contribution in [3.05, 3.63) is 18.0 Å². The van der Waals surface area contributed by atoms with Gasteiger partial charge in [0, 0.05) is 18.7 Å². The van der Waals surface area contributed by atoms with E-state index in [9.17, 15) is 22.4 Å². The van der Waals surface area contributed by atoms with Crippen molar-refractivity contribution in [2.75, 3.05) is 24.7 Å². The van der Waals surface area contributed by atoms with E-state index in [2.05, 4.69) is 20.0 Å². The molecule has 0 saturated carbocycles. The second-order valence-electron chi connectivity index (χ2n) is 7.52. The SMILES string of the molecule is Cn1c(C(=O)NC2(C)CCSCC2)nc2ccc(OCC(OCC(F)F)C(F)F)nc21. The van der Waals surface area contributed by atoms with Crippen LogP contribution < -0.4 is 10.1 Å². The van der Waals surface area contributed by atoms with Crippen molar-refractivity contribution in [1.29, 1.82) is 0 Å². The summed E-state index contributed by atoms with van der Waals surface area (Å²) >= 11 is 1.85. The Morgan fingerprint density at radius 3 is 2.58 bits per heavy atom. The first kappa shape index (κ1) is 23.6. The molecule has 1 amide bonds. The molecule has 1 atom stereocenters. The minimum absolute atomic E-state index is 0.00924.